The number of rotatable bonds is 8. The van der Waals surface area contributed by atoms with Crippen LogP contribution in [-0.2, 0) is 24.2 Å². The minimum atomic E-state index is -0.515. The van der Waals surface area contributed by atoms with Crippen LogP contribution in [0.1, 0.15) is 53.9 Å². The molecule has 1 aliphatic heterocycles. The minimum absolute atomic E-state index is 0.134. The van der Waals surface area contributed by atoms with E-state index in [1.807, 2.05) is 30.3 Å². The Labute approximate surface area is 202 Å². The van der Waals surface area contributed by atoms with Crippen LogP contribution in [0.5, 0.6) is 0 Å². The molecule has 1 atom stereocenters. The molecule has 0 radical (unpaired) electrons. The van der Waals surface area contributed by atoms with Gasteiger partial charge in [0.25, 0.3) is 5.56 Å². The normalized spacial score (nSPS) is 16.9. The number of carbonyl (C=O) groups excluding carboxylic acids is 1. The van der Waals surface area contributed by atoms with Gasteiger partial charge in [-0.3, -0.25) is 19.1 Å². The zero-order chi connectivity index (χ0) is 23.8. The van der Waals surface area contributed by atoms with Crippen LogP contribution in [-0.4, -0.2) is 32.0 Å². The summed E-state index contributed by atoms with van der Waals surface area (Å²) in [5.41, 5.74) is 4.82. The minimum Gasteiger partial charge on any atom is -0.365 e. The lowest BCUT2D eigenvalue weighted by Crippen LogP contribution is -2.37. The van der Waals surface area contributed by atoms with Gasteiger partial charge in [-0.15, -0.1) is 0 Å². The van der Waals surface area contributed by atoms with Gasteiger partial charge in [0.05, 0.1) is 12.2 Å². The molecule has 4 aromatic rings. The van der Waals surface area contributed by atoms with Crippen molar-refractivity contribution in [1.82, 2.24) is 24.8 Å². The molecule has 6 rings (SSSR count). The van der Waals surface area contributed by atoms with Crippen LogP contribution >= 0.6 is 0 Å². The summed E-state index contributed by atoms with van der Waals surface area (Å²) in [7, 11) is 0. The first-order valence-corrected chi connectivity index (χ1v) is 12.3. The van der Waals surface area contributed by atoms with Gasteiger partial charge in [-0.25, -0.2) is 4.98 Å². The number of benzene rings is 1. The van der Waals surface area contributed by atoms with Gasteiger partial charge in [-0.2, -0.15) is 0 Å². The summed E-state index contributed by atoms with van der Waals surface area (Å²) in [6.07, 6.45) is 7.83. The van der Waals surface area contributed by atoms with Gasteiger partial charge in [0.2, 0.25) is 5.91 Å². The van der Waals surface area contributed by atoms with Crippen molar-refractivity contribution < 1.29 is 4.79 Å². The van der Waals surface area contributed by atoms with Crippen LogP contribution in [0, 0.1) is 0 Å². The van der Waals surface area contributed by atoms with Crippen molar-refractivity contribution in [3.63, 3.8) is 0 Å². The molecule has 1 amide bonds. The SMILES string of the molecule is O=C(NCc1cc2cnccc2[nH]1)[C@@H]1CCc2c(C3CC3)nc(NCCc3ccccc3)c(=O)n21. The highest BCUT2D eigenvalue weighted by molar-refractivity contribution is 5.82. The highest BCUT2D eigenvalue weighted by Crippen LogP contribution is 2.43. The van der Waals surface area contributed by atoms with Crippen molar-refractivity contribution in [1.29, 1.82) is 0 Å². The first-order valence-electron chi connectivity index (χ1n) is 12.3. The summed E-state index contributed by atoms with van der Waals surface area (Å²) in [6.45, 7) is 0.985. The quantitative estimate of drug-likeness (QED) is 0.367. The van der Waals surface area contributed by atoms with E-state index in [-0.39, 0.29) is 11.5 Å². The van der Waals surface area contributed by atoms with Gasteiger partial charge in [0.1, 0.15) is 6.04 Å². The molecule has 3 N–H and O–H groups in total. The Morgan fingerprint density at radius 3 is 2.80 bits per heavy atom. The molecule has 178 valence electrons. The number of H-pyrrole nitrogens is 1. The largest absolute Gasteiger partial charge is 0.365 e. The van der Waals surface area contributed by atoms with Crippen LogP contribution in [0.3, 0.4) is 0 Å². The predicted octanol–water partition coefficient (Wildman–Crippen LogP) is 3.46. The third-order valence-corrected chi connectivity index (χ3v) is 6.95. The molecule has 2 aliphatic rings. The average Bonchev–Trinajstić information content (AvgIpc) is 3.48. The van der Waals surface area contributed by atoms with E-state index < -0.39 is 6.04 Å². The van der Waals surface area contributed by atoms with Crippen molar-refractivity contribution in [2.75, 3.05) is 11.9 Å². The molecule has 35 heavy (non-hydrogen) atoms. The van der Waals surface area contributed by atoms with Crippen molar-refractivity contribution >= 4 is 22.6 Å². The maximum absolute atomic E-state index is 13.4. The number of hydrogen-bond acceptors (Lipinski definition) is 5. The Hall–Kier alpha value is -3.94. The molecule has 0 spiro atoms. The van der Waals surface area contributed by atoms with E-state index in [0.717, 1.165) is 47.2 Å². The van der Waals surface area contributed by atoms with Gasteiger partial charge in [0.15, 0.2) is 5.82 Å². The lowest BCUT2D eigenvalue weighted by Gasteiger charge is -2.18. The first-order chi connectivity index (χ1) is 17.2. The maximum Gasteiger partial charge on any atom is 0.294 e. The smallest absolute Gasteiger partial charge is 0.294 e. The fourth-order valence-electron chi connectivity index (χ4n) is 5.02. The third-order valence-electron chi connectivity index (χ3n) is 6.95. The maximum atomic E-state index is 13.4. The van der Waals surface area contributed by atoms with E-state index >= 15 is 0 Å². The number of aromatic amines is 1. The van der Waals surface area contributed by atoms with Gasteiger partial charge >= 0.3 is 0 Å². The second kappa shape index (κ2) is 9.02. The molecule has 8 nitrogen and oxygen atoms in total. The molecule has 4 heterocycles. The Morgan fingerprint density at radius 2 is 2.00 bits per heavy atom. The van der Waals surface area contributed by atoms with Crippen LogP contribution in [0.25, 0.3) is 10.9 Å². The highest BCUT2D eigenvalue weighted by atomic mass is 16.2. The molecule has 3 aromatic heterocycles. The Kier molecular flexibility index (Phi) is 5.56. The molecule has 1 saturated carbocycles. The summed E-state index contributed by atoms with van der Waals surface area (Å²) in [6, 6.07) is 13.5. The van der Waals surface area contributed by atoms with Crippen molar-refractivity contribution in [3.8, 4) is 0 Å². The molecule has 1 fully saturated rings. The number of nitrogens with zero attached hydrogens (tertiary/aromatic N) is 3. The number of hydrogen-bond donors (Lipinski definition) is 3. The topological polar surface area (TPSA) is 105 Å². The van der Waals surface area contributed by atoms with Crippen molar-refractivity contribution in [2.24, 2.45) is 0 Å². The average molecular weight is 469 g/mol. The number of aromatic nitrogens is 4. The molecule has 0 unspecified atom stereocenters. The van der Waals surface area contributed by atoms with Crippen molar-refractivity contribution in [2.45, 2.75) is 50.6 Å². The van der Waals surface area contributed by atoms with E-state index in [0.29, 0.717) is 37.7 Å². The van der Waals surface area contributed by atoms with E-state index in [4.69, 9.17) is 4.98 Å². The fraction of sp³-hybridized carbons (Fsp3) is 0.333. The predicted molar refractivity (Wildman–Crippen MR) is 134 cm³/mol. The summed E-state index contributed by atoms with van der Waals surface area (Å²) in [5, 5.41) is 7.29. The Morgan fingerprint density at radius 1 is 1.14 bits per heavy atom. The number of nitrogens with one attached hydrogen (secondary N) is 3. The standard InChI is InChI=1S/C27H28N6O2/c34-26(30-16-20-14-19-15-28-12-11-21(19)31-20)23-9-8-22-24(18-6-7-18)32-25(27(35)33(22)23)29-13-10-17-4-2-1-3-5-17/h1-5,11-12,14-15,18,23,31H,6-10,13,16H2,(H,29,32)(H,30,34)/t23-/m0/s1. The molecule has 1 aliphatic carbocycles. The van der Waals surface area contributed by atoms with Crippen LogP contribution in [0.2, 0.25) is 0 Å². The lowest BCUT2D eigenvalue weighted by atomic mass is 10.1. The lowest BCUT2D eigenvalue weighted by molar-refractivity contribution is -0.124. The van der Waals surface area contributed by atoms with E-state index in [9.17, 15) is 9.59 Å². The number of anilines is 1. The number of carbonyl (C=O) groups is 1. The molecular weight excluding hydrogens is 440 g/mol. The summed E-state index contributed by atoms with van der Waals surface area (Å²) in [5.74, 6) is 0.619. The molecule has 0 bridgehead atoms. The van der Waals surface area contributed by atoms with Gasteiger partial charge in [-0.05, 0) is 49.8 Å². The Bertz CT molecular complexity index is 1400. The monoisotopic (exact) mass is 468 g/mol. The number of amides is 1. The van der Waals surface area contributed by atoms with Gasteiger partial charge < -0.3 is 15.6 Å². The highest BCUT2D eigenvalue weighted by Gasteiger charge is 2.37. The summed E-state index contributed by atoms with van der Waals surface area (Å²) < 4.78 is 1.70. The van der Waals surface area contributed by atoms with Crippen molar-refractivity contribution in [3.05, 3.63) is 87.9 Å². The third kappa shape index (κ3) is 4.32. The molecular formula is C27H28N6O2. The molecule has 0 saturated heterocycles. The van der Waals surface area contributed by atoms with Crippen LogP contribution in [0.4, 0.5) is 5.82 Å². The van der Waals surface area contributed by atoms with E-state index in [1.54, 1.807) is 17.0 Å². The van der Waals surface area contributed by atoms with Gasteiger partial charge in [0, 0.05) is 47.1 Å². The molecule has 8 heteroatoms. The molecule has 1 aromatic carbocycles. The van der Waals surface area contributed by atoms with E-state index in [1.165, 1.54) is 5.56 Å². The zero-order valence-electron chi connectivity index (χ0n) is 19.5. The summed E-state index contributed by atoms with van der Waals surface area (Å²) >= 11 is 0. The first kappa shape index (κ1) is 21.6. The van der Waals surface area contributed by atoms with Crippen LogP contribution < -0.4 is 16.2 Å². The Balaban J connectivity index is 1.21. The zero-order valence-corrected chi connectivity index (χ0v) is 19.5. The summed E-state index contributed by atoms with van der Waals surface area (Å²) in [4.78, 5) is 38.9. The van der Waals surface area contributed by atoms with Gasteiger partial charge in [-0.1, -0.05) is 30.3 Å². The number of pyridine rings is 1. The second-order valence-electron chi connectivity index (χ2n) is 9.43. The van der Waals surface area contributed by atoms with Crippen LogP contribution in [0.15, 0.2) is 59.7 Å². The van der Waals surface area contributed by atoms with E-state index in [2.05, 4.69) is 32.7 Å². The fourth-order valence-corrected chi connectivity index (χ4v) is 5.02. The number of fused-ring (bicyclic) bond motifs is 2. The second-order valence-corrected chi connectivity index (χ2v) is 9.43.